The van der Waals surface area contributed by atoms with Gasteiger partial charge in [-0.15, -0.1) is 0 Å². The van der Waals surface area contributed by atoms with Crippen LogP contribution < -0.4 is 5.32 Å². The van der Waals surface area contributed by atoms with Gasteiger partial charge in [-0.05, 0) is 76.4 Å². The molecule has 28 heavy (non-hydrogen) atoms. The molecule has 3 aromatic carbocycles. The van der Waals surface area contributed by atoms with E-state index in [2.05, 4.69) is 47.8 Å². The highest BCUT2D eigenvalue weighted by atomic mass is 16.4. The topological polar surface area (TPSA) is 49.3 Å². The zero-order chi connectivity index (χ0) is 18.8. The second-order valence-electron chi connectivity index (χ2n) is 8.24. The lowest BCUT2D eigenvalue weighted by molar-refractivity contribution is 0.0696. The predicted molar refractivity (Wildman–Crippen MR) is 111 cm³/mol. The predicted octanol–water partition coefficient (Wildman–Crippen LogP) is 5.46. The SMILES string of the molecule is O=C(O)c1ccc2c(c1)C1C=CCC1[C@@H](c1ccc3c4c(cccc14)CC3)N2. The molecule has 0 radical (unpaired) electrons. The summed E-state index contributed by atoms with van der Waals surface area (Å²) in [4.78, 5) is 11.4. The van der Waals surface area contributed by atoms with Crippen molar-refractivity contribution in [3.8, 4) is 0 Å². The normalized spacial score (nSPS) is 24.1. The van der Waals surface area contributed by atoms with E-state index >= 15 is 0 Å². The maximum Gasteiger partial charge on any atom is 0.335 e. The number of fused-ring (bicyclic) bond motifs is 3. The molecule has 3 aliphatic rings. The fourth-order valence-corrected chi connectivity index (χ4v) is 5.58. The summed E-state index contributed by atoms with van der Waals surface area (Å²) in [6.07, 6.45) is 7.82. The van der Waals surface area contributed by atoms with E-state index in [0.717, 1.165) is 30.5 Å². The average molecular weight is 367 g/mol. The zero-order valence-corrected chi connectivity index (χ0v) is 15.5. The van der Waals surface area contributed by atoms with E-state index in [9.17, 15) is 9.90 Å². The van der Waals surface area contributed by atoms with E-state index in [4.69, 9.17) is 0 Å². The number of hydrogen-bond donors (Lipinski definition) is 2. The third-order valence-electron chi connectivity index (χ3n) is 6.86. The molecule has 1 heterocycles. The van der Waals surface area contributed by atoms with Gasteiger partial charge < -0.3 is 10.4 Å². The lowest BCUT2D eigenvalue weighted by Crippen LogP contribution is -2.29. The molecule has 3 nitrogen and oxygen atoms in total. The Morgan fingerprint density at radius 1 is 1.00 bits per heavy atom. The van der Waals surface area contributed by atoms with Crippen molar-refractivity contribution in [1.82, 2.24) is 0 Å². The molecule has 1 aliphatic heterocycles. The maximum atomic E-state index is 11.4. The molecule has 2 aliphatic carbocycles. The minimum absolute atomic E-state index is 0.230. The molecule has 0 amide bonds. The van der Waals surface area contributed by atoms with Gasteiger partial charge in [-0.2, -0.15) is 0 Å². The highest BCUT2D eigenvalue weighted by Gasteiger charge is 2.39. The van der Waals surface area contributed by atoms with Gasteiger partial charge in [0.2, 0.25) is 0 Å². The fourth-order valence-electron chi connectivity index (χ4n) is 5.58. The van der Waals surface area contributed by atoms with Crippen LogP contribution in [0.5, 0.6) is 0 Å². The van der Waals surface area contributed by atoms with Crippen molar-refractivity contribution in [2.75, 3.05) is 5.32 Å². The standard InChI is InChI=1S/C25H21NO2/c27-25(28)16-10-12-22-21(13-16)17-4-2-6-19(17)24(26-22)20-11-9-15-8-7-14-3-1-5-18(20)23(14)15/h1-5,9-13,17,19,24,26H,6-8H2,(H,27,28)/t17?,19?,24-/m0/s1. The lowest BCUT2D eigenvalue weighted by atomic mass is 9.75. The van der Waals surface area contributed by atoms with Crippen molar-refractivity contribution in [3.05, 3.63) is 88.5 Å². The molecule has 0 spiro atoms. The Morgan fingerprint density at radius 2 is 1.86 bits per heavy atom. The molecule has 3 aromatic rings. The van der Waals surface area contributed by atoms with E-state index in [1.165, 1.54) is 27.5 Å². The number of nitrogens with one attached hydrogen (secondary N) is 1. The van der Waals surface area contributed by atoms with Crippen LogP contribution in [0.2, 0.25) is 0 Å². The van der Waals surface area contributed by atoms with Crippen LogP contribution in [0.4, 0.5) is 5.69 Å². The summed E-state index contributed by atoms with van der Waals surface area (Å²) in [6, 6.07) is 17.1. The second kappa shape index (κ2) is 5.71. The molecule has 2 N–H and O–H groups in total. The van der Waals surface area contributed by atoms with Gasteiger partial charge >= 0.3 is 5.97 Å². The number of carboxylic acids is 1. The van der Waals surface area contributed by atoms with Gasteiger partial charge in [0, 0.05) is 11.6 Å². The first-order chi connectivity index (χ1) is 13.7. The van der Waals surface area contributed by atoms with Crippen LogP contribution in [0.15, 0.2) is 60.7 Å². The second-order valence-corrected chi connectivity index (χ2v) is 8.24. The van der Waals surface area contributed by atoms with Crippen molar-refractivity contribution in [2.45, 2.75) is 31.2 Å². The summed E-state index contributed by atoms with van der Waals surface area (Å²) in [7, 11) is 0. The van der Waals surface area contributed by atoms with E-state index in [0.29, 0.717) is 11.5 Å². The lowest BCUT2D eigenvalue weighted by Gasteiger charge is -2.38. The summed E-state index contributed by atoms with van der Waals surface area (Å²) < 4.78 is 0. The molecule has 6 rings (SSSR count). The monoisotopic (exact) mass is 367 g/mol. The average Bonchev–Trinajstić information content (AvgIpc) is 3.36. The van der Waals surface area contributed by atoms with Crippen LogP contribution in [-0.4, -0.2) is 11.1 Å². The number of anilines is 1. The summed E-state index contributed by atoms with van der Waals surface area (Å²) in [6.45, 7) is 0. The molecule has 0 bridgehead atoms. The largest absolute Gasteiger partial charge is 0.478 e. The van der Waals surface area contributed by atoms with Gasteiger partial charge in [0.1, 0.15) is 0 Å². The molecular formula is C25H21NO2. The van der Waals surface area contributed by atoms with Gasteiger partial charge in [-0.1, -0.05) is 42.5 Å². The van der Waals surface area contributed by atoms with Crippen LogP contribution in [0, 0.1) is 5.92 Å². The fraction of sp³-hybridized carbons (Fsp3) is 0.240. The molecule has 0 saturated heterocycles. The van der Waals surface area contributed by atoms with Gasteiger partial charge in [-0.25, -0.2) is 4.79 Å². The van der Waals surface area contributed by atoms with Crippen molar-refractivity contribution in [1.29, 1.82) is 0 Å². The third kappa shape index (κ3) is 2.13. The number of rotatable bonds is 2. The van der Waals surface area contributed by atoms with Crippen LogP contribution in [-0.2, 0) is 12.8 Å². The molecular weight excluding hydrogens is 346 g/mol. The smallest absolute Gasteiger partial charge is 0.335 e. The van der Waals surface area contributed by atoms with Gasteiger partial charge in [0.15, 0.2) is 0 Å². The first-order valence-electron chi connectivity index (χ1n) is 10.0. The molecule has 0 aromatic heterocycles. The van der Waals surface area contributed by atoms with Crippen LogP contribution in [0.3, 0.4) is 0 Å². The Morgan fingerprint density at radius 3 is 2.71 bits per heavy atom. The highest BCUT2D eigenvalue weighted by Crippen LogP contribution is 2.51. The van der Waals surface area contributed by atoms with Crippen molar-refractivity contribution in [3.63, 3.8) is 0 Å². The van der Waals surface area contributed by atoms with Crippen LogP contribution in [0.25, 0.3) is 10.8 Å². The number of benzene rings is 3. The van der Waals surface area contributed by atoms with Gasteiger partial charge in [-0.3, -0.25) is 0 Å². The van der Waals surface area contributed by atoms with Crippen molar-refractivity contribution in [2.24, 2.45) is 5.92 Å². The zero-order valence-electron chi connectivity index (χ0n) is 15.5. The molecule has 2 unspecified atom stereocenters. The van der Waals surface area contributed by atoms with E-state index < -0.39 is 5.97 Å². The Labute approximate surface area is 163 Å². The minimum atomic E-state index is -0.865. The number of aromatic carboxylic acids is 1. The number of aryl methyl sites for hydroxylation is 2. The first kappa shape index (κ1) is 15.9. The van der Waals surface area contributed by atoms with Gasteiger partial charge in [0.25, 0.3) is 0 Å². The molecule has 3 heteroatoms. The van der Waals surface area contributed by atoms with Gasteiger partial charge in [0.05, 0.1) is 11.6 Å². The van der Waals surface area contributed by atoms with Crippen molar-refractivity contribution < 1.29 is 9.90 Å². The van der Waals surface area contributed by atoms with E-state index in [-0.39, 0.29) is 12.0 Å². The quantitative estimate of drug-likeness (QED) is 0.591. The maximum absolute atomic E-state index is 11.4. The third-order valence-corrected chi connectivity index (χ3v) is 6.86. The van der Waals surface area contributed by atoms with Crippen molar-refractivity contribution >= 4 is 22.4 Å². The number of hydrogen-bond acceptors (Lipinski definition) is 2. The number of carbonyl (C=O) groups is 1. The number of allylic oxidation sites excluding steroid dienone is 2. The number of carboxylic acid groups (broad SMARTS) is 1. The first-order valence-corrected chi connectivity index (χ1v) is 10.0. The molecule has 3 atom stereocenters. The molecule has 0 saturated carbocycles. The Balaban J connectivity index is 1.51. The Hall–Kier alpha value is -3.07. The highest BCUT2D eigenvalue weighted by molar-refractivity contribution is 5.94. The van der Waals surface area contributed by atoms with Crippen LogP contribution in [0.1, 0.15) is 51.0 Å². The minimum Gasteiger partial charge on any atom is -0.478 e. The van der Waals surface area contributed by atoms with E-state index in [1.54, 1.807) is 6.07 Å². The van der Waals surface area contributed by atoms with E-state index in [1.807, 2.05) is 12.1 Å². The Kier molecular flexibility index (Phi) is 3.25. The Bertz CT molecular complexity index is 1170. The summed E-state index contributed by atoms with van der Waals surface area (Å²) >= 11 is 0. The summed E-state index contributed by atoms with van der Waals surface area (Å²) in [5.74, 6) is -0.186. The molecule has 138 valence electrons. The summed E-state index contributed by atoms with van der Waals surface area (Å²) in [5.41, 5.74) is 6.85. The summed E-state index contributed by atoms with van der Waals surface area (Å²) in [5, 5.41) is 16.0. The van der Waals surface area contributed by atoms with Crippen LogP contribution >= 0.6 is 0 Å². The molecule has 0 fully saturated rings.